The van der Waals surface area contributed by atoms with E-state index in [1.807, 2.05) is 18.2 Å². The van der Waals surface area contributed by atoms with Gasteiger partial charge in [0.2, 0.25) is 5.88 Å². The molecule has 0 aliphatic carbocycles. The number of ether oxygens (including phenoxy) is 2. The predicted molar refractivity (Wildman–Crippen MR) is 112 cm³/mol. The number of carbonyl (C=O) groups excluding carboxylic acids is 1. The number of esters is 1. The molecule has 0 saturated carbocycles. The molecule has 1 aliphatic rings. The average Bonchev–Trinajstić information content (AvgIpc) is 2.65. The standard InChI is InChI=1S/C23H31N3O3/c1-7-28-23(27)20-16(6)29-22(25)19(12-24)21(20)18-10-8-9-17(11-18)13-26(14(2)3)15(4)5/h8-11,14-15,21H,7,13,25H2,1-6H3. The van der Waals surface area contributed by atoms with Gasteiger partial charge >= 0.3 is 5.97 Å². The summed E-state index contributed by atoms with van der Waals surface area (Å²) in [6.45, 7) is 13.1. The van der Waals surface area contributed by atoms with Crippen LogP contribution in [0.5, 0.6) is 0 Å². The van der Waals surface area contributed by atoms with Crippen molar-refractivity contribution in [3.05, 3.63) is 58.2 Å². The summed E-state index contributed by atoms with van der Waals surface area (Å²) in [5.74, 6) is -0.716. The van der Waals surface area contributed by atoms with Crippen molar-refractivity contribution in [3.8, 4) is 6.07 Å². The van der Waals surface area contributed by atoms with Crippen LogP contribution in [0.4, 0.5) is 0 Å². The van der Waals surface area contributed by atoms with E-state index in [1.54, 1.807) is 13.8 Å². The van der Waals surface area contributed by atoms with Gasteiger partial charge in [-0.1, -0.05) is 24.3 Å². The molecule has 0 radical (unpaired) electrons. The Morgan fingerprint density at radius 1 is 1.31 bits per heavy atom. The highest BCUT2D eigenvalue weighted by Gasteiger charge is 2.36. The normalized spacial score (nSPS) is 17.0. The minimum atomic E-state index is -0.612. The van der Waals surface area contributed by atoms with E-state index >= 15 is 0 Å². The van der Waals surface area contributed by atoms with Crippen LogP contribution in [0.1, 0.15) is 58.6 Å². The molecule has 0 fully saturated rings. The number of nitrogens with two attached hydrogens (primary N) is 1. The molecule has 1 aliphatic heterocycles. The van der Waals surface area contributed by atoms with Gasteiger partial charge in [0, 0.05) is 18.6 Å². The second-order valence-corrected chi connectivity index (χ2v) is 7.72. The first-order chi connectivity index (χ1) is 13.7. The molecule has 0 bridgehead atoms. The van der Waals surface area contributed by atoms with Crippen LogP contribution in [0.3, 0.4) is 0 Å². The Labute approximate surface area is 173 Å². The lowest BCUT2D eigenvalue weighted by Gasteiger charge is -2.31. The maximum Gasteiger partial charge on any atom is 0.338 e. The summed E-state index contributed by atoms with van der Waals surface area (Å²) < 4.78 is 10.7. The Balaban J connectivity index is 2.52. The number of hydrogen-bond donors (Lipinski definition) is 1. The SMILES string of the molecule is CCOC(=O)C1=C(C)OC(N)=C(C#N)C1c1cccc(CN(C(C)C)C(C)C)c1. The molecule has 156 valence electrons. The predicted octanol–water partition coefficient (Wildman–Crippen LogP) is 3.95. The number of allylic oxidation sites excluding steroid dienone is 2. The first-order valence-electron chi connectivity index (χ1n) is 10.0. The van der Waals surface area contributed by atoms with Gasteiger partial charge < -0.3 is 15.2 Å². The minimum absolute atomic E-state index is 0.0273. The molecule has 1 heterocycles. The lowest BCUT2D eigenvalue weighted by atomic mass is 9.82. The molecule has 1 atom stereocenters. The highest BCUT2D eigenvalue weighted by molar-refractivity contribution is 5.92. The fraction of sp³-hybridized carbons (Fsp3) is 0.478. The fourth-order valence-electron chi connectivity index (χ4n) is 3.73. The summed E-state index contributed by atoms with van der Waals surface area (Å²) in [7, 11) is 0. The van der Waals surface area contributed by atoms with Gasteiger partial charge in [0.1, 0.15) is 17.4 Å². The molecule has 0 spiro atoms. The number of nitrogens with zero attached hydrogens (tertiary/aromatic N) is 2. The van der Waals surface area contributed by atoms with Crippen LogP contribution in [0.15, 0.2) is 47.1 Å². The first-order valence-corrected chi connectivity index (χ1v) is 10.0. The van der Waals surface area contributed by atoms with Gasteiger partial charge in [-0.2, -0.15) is 5.26 Å². The molecule has 6 heteroatoms. The lowest BCUT2D eigenvalue weighted by Crippen LogP contribution is -2.36. The Morgan fingerprint density at radius 3 is 2.52 bits per heavy atom. The summed E-state index contributed by atoms with van der Waals surface area (Å²) >= 11 is 0. The molecule has 2 rings (SSSR count). The van der Waals surface area contributed by atoms with E-state index < -0.39 is 11.9 Å². The molecule has 0 saturated heterocycles. The molecule has 29 heavy (non-hydrogen) atoms. The van der Waals surface area contributed by atoms with Gasteiger partial charge in [0.25, 0.3) is 0 Å². The molecule has 6 nitrogen and oxygen atoms in total. The van der Waals surface area contributed by atoms with Gasteiger partial charge in [-0.25, -0.2) is 4.79 Å². The van der Waals surface area contributed by atoms with E-state index in [0.29, 0.717) is 23.4 Å². The summed E-state index contributed by atoms with van der Waals surface area (Å²) in [5, 5.41) is 9.72. The minimum Gasteiger partial charge on any atom is -0.463 e. The monoisotopic (exact) mass is 397 g/mol. The van der Waals surface area contributed by atoms with Crippen LogP contribution in [-0.2, 0) is 20.8 Å². The van der Waals surface area contributed by atoms with Gasteiger partial charge in [-0.05, 0) is 52.7 Å². The van der Waals surface area contributed by atoms with E-state index in [9.17, 15) is 10.1 Å². The zero-order chi connectivity index (χ0) is 21.7. The number of rotatable bonds is 7. The highest BCUT2D eigenvalue weighted by atomic mass is 16.5. The topological polar surface area (TPSA) is 88.6 Å². The maximum atomic E-state index is 12.7. The smallest absolute Gasteiger partial charge is 0.338 e. The van der Waals surface area contributed by atoms with Crippen LogP contribution >= 0.6 is 0 Å². The van der Waals surface area contributed by atoms with Gasteiger partial charge in [-0.15, -0.1) is 0 Å². The van der Waals surface area contributed by atoms with Gasteiger partial charge in [-0.3, -0.25) is 4.90 Å². The second-order valence-electron chi connectivity index (χ2n) is 7.72. The lowest BCUT2D eigenvalue weighted by molar-refractivity contribution is -0.139. The molecule has 0 aromatic heterocycles. The van der Waals surface area contributed by atoms with Crippen molar-refractivity contribution < 1.29 is 14.3 Å². The zero-order valence-electron chi connectivity index (χ0n) is 18.2. The molecular formula is C23H31N3O3. The summed E-state index contributed by atoms with van der Waals surface area (Å²) in [5.41, 5.74) is 8.45. The van der Waals surface area contributed by atoms with Crippen LogP contribution < -0.4 is 5.73 Å². The third-order valence-electron chi connectivity index (χ3n) is 5.08. The number of benzene rings is 1. The Hall–Kier alpha value is -2.78. The highest BCUT2D eigenvalue weighted by Crippen LogP contribution is 2.39. The number of nitriles is 1. The summed E-state index contributed by atoms with van der Waals surface area (Å²) in [6, 6.07) is 10.9. The van der Waals surface area contributed by atoms with Crippen molar-refractivity contribution in [2.45, 2.75) is 66.1 Å². The van der Waals surface area contributed by atoms with Gasteiger partial charge in [0.05, 0.1) is 18.1 Å². The third-order valence-corrected chi connectivity index (χ3v) is 5.08. The number of hydrogen-bond acceptors (Lipinski definition) is 6. The summed E-state index contributed by atoms with van der Waals surface area (Å²) in [6.07, 6.45) is 0. The Kier molecular flexibility index (Phi) is 7.46. The van der Waals surface area contributed by atoms with Crippen molar-refractivity contribution in [1.82, 2.24) is 4.90 Å². The molecule has 0 amide bonds. The van der Waals surface area contributed by atoms with E-state index in [4.69, 9.17) is 15.2 Å². The Bertz CT molecular complexity index is 854. The Morgan fingerprint density at radius 2 is 1.97 bits per heavy atom. The zero-order valence-corrected chi connectivity index (χ0v) is 18.2. The second kappa shape index (κ2) is 9.62. The molecule has 1 aromatic rings. The van der Waals surface area contributed by atoms with Crippen molar-refractivity contribution in [3.63, 3.8) is 0 Å². The van der Waals surface area contributed by atoms with E-state index in [2.05, 4.69) is 44.7 Å². The molecule has 2 N–H and O–H groups in total. The quantitative estimate of drug-likeness (QED) is 0.701. The van der Waals surface area contributed by atoms with Crippen molar-refractivity contribution >= 4 is 5.97 Å². The van der Waals surface area contributed by atoms with Crippen LogP contribution in [-0.4, -0.2) is 29.6 Å². The van der Waals surface area contributed by atoms with Crippen molar-refractivity contribution in [2.75, 3.05) is 6.61 Å². The van der Waals surface area contributed by atoms with E-state index in [1.165, 1.54) is 0 Å². The van der Waals surface area contributed by atoms with E-state index in [-0.39, 0.29) is 18.1 Å². The fourth-order valence-corrected chi connectivity index (χ4v) is 3.73. The van der Waals surface area contributed by atoms with Crippen molar-refractivity contribution in [1.29, 1.82) is 5.26 Å². The van der Waals surface area contributed by atoms with Crippen molar-refractivity contribution in [2.24, 2.45) is 5.73 Å². The number of carbonyl (C=O) groups is 1. The van der Waals surface area contributed by atoms with Crippen LogP contribution in [0.25, 0.3) is 0 Å². The molecule has 1 aromatic carbocycles. The first kappa shape index (κ1) is 22.5. The maximum absolute atomic E-state index is 12.7. The average molecular weight is 398 g/mol. The largest absolute Gasteiger partial charge is 0.463 e. The van der Waals surface area contributed by atoms with E-state index in [0.717, 1.165) is 17.7 Å². The van der Waals surface area contributed by atoms with Crippen LogP contribution in [0.2, 0.25) is 0 Å². The summed E-state index contributed by atoms with van der Waals surface area (Å²) in [4.78, 5) is 15.0. The van der Waals surface area contributed by atoms with Crippen LogP contribution in [0, 0.1) is 11.3 Å². The molecular weight excluding hydrogens is 366 g/mol. The third kappa shape index (κ3) is 4.99. The van der Waals surface area contributed by atoms with Gasteiger partial charge in [0.15, 0.2) is 0 Å². The molecule has 1 unspecified atom stereocenters.